The molecule has 3 fully saturated rings. The SMILES string of the molecule is COc1cc(N2CCC3(CCN(C(=O)c4ccc(C(=O)NCC5CC5)cc4)CC3)C2=O)ccc1-c1cn[nH]c1. The molecule has 9 nitrogen and oxygen atoms in total. The molecule has 1 spiro atoms. The van der Waals surface area contributed by atoms with Gasteiger partial charge in [-0.25, -0.2) is 0 Å². The molecule has 2 aromatic carbocycles. The normalized spacial score (nSPS) is 18.4. The van der Waals surface area contributed by atoms with Crippen LogP contribution >= 0.6 is 0 Å². The number of carbonyl (C=O) groups excluding carboxylic acids is 3. The summed E-state index contributed by atoms with van der Waals surface area (Å²) in [5.74, 6) is 1.27. The number of H-pyrrole nitrogens is 1. The molecule has 3 aliphatic rings. The van der Waals surface area contributed by atoms with Gasteiger partial charge in [-0.2, -0.15) is 5.10 Å². The van der Waals surface area contributed by atoms with Crippen LogP contribution in [0.25, 0.3) is 11.1 Å². The van der Waals surface area contributed by atoms with Gasteiger partial charge in [0.05, 0.1) is 18.7 Å². The van der Waals surface area contributed by atoms with Gasteiger partial charge in [-0.1, -0.05) is 0 Å². The molecule has 2 aliphatic heterocycles. The summed E-state index contributed by atoms with van der Waals surface area (Å²) >= 11 is 0. The molecule has 1 saturated carbocycles. The number of anilines is 1. The molecule has 9 heteroatoms. The lowest BCUT2D eigenvalue weighted by Gasteiger charge is -2.38. The quantitative estimate of drug-likeness (QED) is 0.485. The van der Waals surface area contributed by atoms with Crippen LogP contribution in [0.5, 0.6) is 5.75 Å². The topological polar surface area (TPSA) is 108 Å². The van der Waals surface area contributed by atoms with Crippen molar-refractivity contribution >= 4 is 23.4 Å². The van der Waals surface area contributed by atoms with E-state index in [4.69, 9.17) is 4.74 Å². The third-order valence-electron chi connectivity index (χ3n) is 8.47. The summed E-state index contributed by atoms with van der Waals surface area (Å²) in [4.78, 5) is 42.9. The zero-order valence-electron chi connectivity index (χ0n) is 22.1. The molecular weight excluding hydrogens is 494 g/mol. The smallest absolute Gasteiger partial charge is 0.253 e. The summed E-state index contributed by atoms with van der Waals surface area (Å²) in [6.07, 6.45) is 7.96. The number of hydrogen-bond donors (Lipinski definition) is 2. The van der Waals surface area contributed by atoms with E-state index in [9.17, 15) is 14.4 Å². The van der Waals surface area contributed by atoms with Crippen LogP contribution in [0.2, 0.25) is 0 Å². The van der Waals surface area contributed by atoms with Crippen LogP contribution in [0.4, 0.5) is 5.69 Å². The zero-order valence-corrected chi connectivity index (χ0v) is 22.1. The first kappa shape index (κ1) is 25.2. The largest absolute Gasteiger partial charge is 0.496 e. The minimum atomic E-state index is -0.448. The van der Waals surface area contributed by atoms with Crippen molar-refractivity contribution in [3.63, 3.8) is 0 Å². The lowest BCUT2D eigenvalue weighted by molar-refractivity contribution is -0.127. The van der Waals surface area contributed by atoms with Crippen LogP contribution < -0.4 is 15.0 Å². The summed E-state index contributed by atoms with van der Waals surface area (Å²) in [6, 6.07) is 12.7. The van der Waals surface area contributed by atoms with Crippen LogP contribution in [-0.4, -0.2) is 66.1 Å². The Hall–Kier alpha value is -4.14. The Morgan fingerprint density at radius 3 is 2.44 bits per heavy atom. The maximum Gasteiger partial charge on any atom is 0.253 e. The standard InChI is InChI=1S/C30H33N5O4/c1-39-26-16-24(8-9-25(26)23-18-32-33-19-23)35-15-12-30(29(35)38)10-13-34(14-11-30)28(37)22-6-4-21(5-7-22)27(36)31-17-20-2-3-20/h4-9,16,18-20H,2-3,10-15,17H2,1H3,(H,31,36)(H,32,33). The Kier molecular flexibility index (Phi) is 6.58. The van der Waals surface area contributed by atoms with Crippen molar-refractivity contribution in [1.82, 2.24) is 20.4 Å². The number of carbonyl (C=O) groups is 3. The van der Waals surface area contributed by atoms with E-state index in [2.05, 4.69) is 15.5 Å². The number of piperidine rings is 1. The fourth-order valence-corrected chi connectivity index (χ4v) is 5.76. The van der Waals surface area contributed by atoms with Crippen molar-refractivity contribution in [3.05, 3.63) is 66.0 Å². The number of nitrogens with zero attached hydrogens (tertiary/aromatic N) is 3. The van der Waals surface area contributed by atoms with Gasteiger partial charge in [-0.15, -0.1) is 0 Å². The molecule has 0 atom stereocenters. The number of benzene rings is 2. The number of aromatic nitrogens is 2. The molecule has 1 aliphatic carbocycles. The number of amides is 3. The van der Waals surface area contributed by atoms with Crippen molar-refractivity contribution in [2.45, 2.75) is 32.1 Å². The maximum absolute atomic E-state index is 13.7. The van der Waals surface area contributed by atoms with Gasteiger partial charge in [0.25, 0.3) is 11.8 Å². The van der Waals surface area contributed by atoms with E-state index in [0.29, 0.717) is 55.3 Å². The average molecular weight is 528 g/mol. The van der Waals surface area contributed by atoms with Crippen molar-refractivity contribution in [2.75, 3.05) is 38.2 Å². The minimum Gasteiger partial charge on any atom is -0.496 e. The van der Waals surface area contributed by atoms with Gasteiger partial charge in [-0.3, -0.25) is 19.5 Å². The van der Waals surface area contributed by atoms with Crippen LogP contribution in [-0.2, 0) is 4.79 Å². The molecule has 202 valence electrons. The molecule has 2 saturated heterocycles. The molecule has 0 radical (unpaired) electrons. The van der Waals surface area contributed by atoms with Crippen molar-refractivity contribution in [3.8, 4) is 16.9 Å². The van der Waals surface area contributed by atoms with E-state index in [1.54, 1.807) is 37.6 Å². The first-order valence-corrected chi connectivity index (χ1v) is 13.6. The van der Waals surface area contributed by atoms with Crippen LogP contribution in [0.15, 0.2) is 54.9 Å². The highest BCUT2D eigenvalue weighted by Crippen LogP contribution is 2.44. The Bertz CT molecular complexity index is 1370. The Balaban J connectivity index is 1.08. The Morgan fingerprint density at radius 2 is 1.77 bits per heavy atom. The van der Waals surface area contributed by atoms with Gasteiger partial charge in [0.15, 0.2) is 0 Å². The number of aromatic amines is 1. The van der Waals surface area contributed by atoms with Crippen molar-refractivity contribution in [2.24, 2.45) is 11.3 Å². The highest BCUT2D eigenvalue weighted by Gasteiger charge is 2.49. The number of ether oxygens (including phenoxy) is 1. The summed E-state index contributed by atoms with van der Waals surface area (Å²) in [5, 5.41) is 9.79. The molecule has 3 aromatic rings. The van der Waals surface area contributed by atoms with E-state index in [-0.39, 0.29) is 17.7 Å². The lowest BCUT2D eigenvalue weighted by Crippen LogP contribution is -2.46. The molecule has 2 N–H and O–H groups in total. The minimum absolute atomic E-state index is 0.0586. The van der Waals surface area contributed by atoms with E-state index < -0.39 is 5.41 Å². The van der Waals surface area contributed by atoms with Gasteiger partial charge in [0.2, 0.25) is 5.91 Å². The van der Waals surface area contributed by atoms with Crippen molar-refractivity contribution in [1.29, 1.82) is 0 Å². The van der Waals surface area contributed by atoms with E-state index in [1.165, 1.54) is 12.8 Å². The summed E-state index contributed by atoms with van der Waals surface area (Å²) in [5.41, 5.74) is 3.34. The number of nitrogens with one attached hydrogen (secondary N) is 2. The van der Waals surface area contributed by atoms with E-state index in [0.717, 1.165) is 29.8 Å². The van der Waals surface area contributed by atoms with Gasteiger partial charge in [-0.05, 0) is 74.4 Å². The van der Waals surface area contributed by atoms with Crippen LogP contribution in [0.3, 0.4) is 0 Å². The Morgan fingerprint density at radius 1 is 1.05 bits per heavy atom. The highest BCUT2D eigenvalue weighted by atomic mass is 16.5. The average Bonchev–Trinajstić information content (AvgIpc) is 3.55. The predicted octanol–water partition coefficient (Wildman–Crippen LogP) is 3.88. The van der Waals surface area contributed by atoms with E-state index >= 15 is 0 Å². The summed E-state index contributed by atoms with van der Waals surface area (Å²) in [6.45, 7) is 2.43. The second-order valence-electron chi connectivity index (χ2n) is 10.9. The highest BCUT2D eigenvalue weighted by molar-refractivity contribution is 6.01. The number of rotatable bonds is 7. The van der Waals surface area contributed by atoms with Crippen molar-refractivity contribution < 1.29 is 19.1 Å². The second-order valence-corrected chi connectivity index (χ2v) is 10.9. The first-order valence-electron chi connectivity index (χ1n) is 13.6. The molecule has 39 heavy (non-hydrogen) atoms. The maximum atomic E-state index is 13.7. The third-order valence-corrected chi connectivity index (χ3v) is 8.47. The molecule has 3 heterocycles. The predicted molar refractivity (Wildman–Crippen MR) is 147 cm³/mol. The molecule has 1 aromatic heterocycles. The fraction of sp³-hybridized carbons (Fsp3) is 0.400. The van der Waals surface area contributed by atoms with Crippen LogP contribution in [0.1, 0.15) is 52.8 Å². The van der Waals surface area contributed by atoms with Crippen LogP contribution in [0, 0.1) is 11.3 Å². The van der Waals surface area contributed by atoms with Gasteiger partial charge >= 0.3 is 0 Å². The summed E-state index contributed by atoms with van der Waals surface area (Å²) < 4.78 is 5.62. The first-order chi connectivity index (χ1) is 19.0. The van der Waals surface area contributed by atoms with Gasteiger partial charge in [0.1, 0.15) is 5.75 Å². The number of hydrogen-bond acceptors (Lipinski definition) is 5. The molecule has 3 amide bonds. The molecular formula is C30H33N5O4. The fourth-order valence-electron chi connectivity index (χ4n) is 5.76. The summed E-state index contributed by atoms with van der Waals surface area (Å²) in [7, 11) is 1.63. The third kappa shape index (κ3) is 4.89. The Labute approximate surface area is 227 Å². The van der Waals surface area contributed by atoms with E-state index in [1.807, 2.05) is 34.2 Å². The molecule has 0 bridgehead atoms. The number of likely N-dealkylation sites (tertiary alicyclic amines) is 1. The van der Waals surface area contributed by atoms with Gasteiger partial charge in [0, 0.05) is 66.4 Å². The number of methoxy groups -OCH3 is 1. The van der Waals surface area contributed by atoms with Gasteiger partial charge < -0.3 is 19.9 Å². The molecule has 6 rings (SSSR count). The lowest BCUT2D eigenvalue weighted by atomic mass is 9.77. The second kappa shape index (κ2) is 10.2. The monoisotopic (exact) mass is 527 g/mol. The molecule has 0 unspecified atom stereocenters. The zero-order chi connectivity index (χ0) is 27.0.